The molecule has 72 valence electrons. The van der Waals surface area contributed by atoms with Gasteiger partial charge in [0.25, 0.3) is 5.95 Å². The Morgan fingerprint density at radius 2 is 2.15 bits per heavy atom. The largest absolute Gasteiger partial charge is 0.454 e. The van der Waals surface area contributed by atoms with Crippen LogP contribution in [-0.4, -0.2) is 31.9 Å². The maximum atomic E-state index is 11.2. The Hall–Kier alpha value is -1.66. The molecule has 0 amide bonds. The summed E-state index contributed by atoms with van der Waals surface area (Å²) in [6.07, 6.45) is -0.698. The zero-order valence-corrected chi connectivity index (χ0v) is 7.68. The first-order valence-corrected chi connectivity index (χ1v) is 3.67. The van der Waals surface area contributed by atoms with Gasteiger partial charge in [0.2, 0.25) is 0 Å². The van der Waals surface area contributed by atoms with E-state index in [9.17, 15) is 4.79 Å². The molecule has 0 saturated carbocycles. The highest BCUT2D eigenvalue weighted by atomic mass is 16.6. The third-order valence-corrected chi connectivity index (χ3v) is 0.986. The van der Waals surface area contributed by atoms with Crippen LogP contribution in [0.4, 0.5) is 10.7 Å². The molecule has 0 radical (unpaired) electrons. The van der Waals surface area contributed by atoms with Crippen molar-refractivity contribution in [3.05, 3.63) is 0 Å². The van der Waals surface area contributed by atoms with Crippen molar-refractivity contribution in [3.8, 4) is 0 Å². The van der Waals surface area contributed by atoms with Crippen LogP contribution in [0.3, 0.4) is 0 Å². The molecule has 0 bridgehead atoms. The highest BCUT2D eigenvalue weighted by Gasteiger charge is 2.19. The molecule has 0 aliphatic rings. The van der Waals surface area contributed by atoms with E-state index < -0.39 is 11.7 Å². The lowest BCUT2D eigenvalue weighted by molar-refractivity contribution is 0.0485. The van der Waals surface area contributed by atoms with Crippen LogP contribution in [0.5, 0.6) is 0 Å². The van der Waals surface area contributed by atoms with Crippen LogP contribution in [0.1, 0.15) is 20.8 Å². The fourth-order valence-corrected chi connectivity index (χ4v) is 0.605. The maximum absolute atomic E-state index is 11.2. The minimum Gasteiger partial charge on any atom is -0.441 e. The van der Waals surface area contributed by atoms with Gasteiger partial charge in [-0.3, -0.25) is 0 Å². The third-order valence-electron chi connectivity index (χ3n) is 0.986. The second-order valence-electron chi connectivity index (χ2n) is 3.42. The number of carbonyl (C=O) groups is 1. The molecule has 0 aliphatic heterocycles. The SMILES string of the molecule is CC(C)(C)OC(=O)n1nnc(N)n1. The molecule has 0 saturated heterocycles. The highest BCUT2D eigenvalue weighted by Crippen LogP contribution is 2.07. The lowest BCUT2D eigenvalue weighted by atomic mass is 10.2. The molecule has 0 aliphatic carbocycles. The van der Waals surface area contributed by atoms with E-state index in [1.807, 2.05) is 0 Å². The number of aromatic nitrogens is 4. The van der Waals surface area contributed by atoms with E-state index in [4.69, 9.17) is 10.5 Å². The normalized spacial score (nSPS) is 11.3. The van der Waals surface area contributed by atoms with Crippen molar-refractivity contribution in [1.82, 2.24) is 20.2 Å². The standard InChI is InChI=1S/C6H11N5O2/c1-6(2,3)13-5(12)11-9-4(7)8-10-11/h1-3H3,(H2,7,9). The van der Waals surface area contributed by atoms with Gasteiger partial charge in [0.05, 0.1) is 0 Å². The van der Waals surface area contributed by atoms with Crippen LogP contribution < -0.4 is 5.73 Å². The summed E-state index contributed by atoms with van der Waals surface area (Å²) in [4.78, 5) is 11.9. The van der Waals surface area contributed by atoms with Gasteiger partial charge < -0.3 is 10.5 Å². The molecule has 1 aromatic rings. The molecule has 7 heteroatoms. The van der Waals surface area contributed by atoms with Gasteiger partial charge in [-0.25, -0.2) is 4.79 Å². The first kappa shape index (κ1) is 9.43. The molecular weight excluding hydrogens is 174 g/mol. The molecule has 2 N–H and O–H groups in total. The number of nitrogens with two attached hydrogens (primary N) is 1. The van der Waals surface area contributed by atoms with Crippen molar-refractivity contribution in [3.63, 3.8) is 0 Å². The van der Waals surface area contributed by atoms with Gasteiger partial charge in [0, 0.05) is 0 Å². The lowest BCUT2D eigenvalue weighted by Gasteiger charge is -2.17. The summed E-state index contributed by atoms with van der Waals surface area (Å²) in [5.74, 6) is -0.0640. The maximum Gasteiger partial charge on any atom is 0.454 e. The molecule has 0 fully saturated rings. The summed E-state index contributed by atoms with van der Waals surface area (Å²) in [6.45, 7) is 5.22. The Balaban J connectivity index is 2.70. The average molecular weight is 185 g/mol. The summed E-state index contributed by atoms with van der Waals surface area (Å²) in [5, 5.41) is 10.2. The number of hydrogen-bond acceptors (Lipinski definition) is 6. The number of nitrogens with zero attached hydrogens (tertiary/aromatic N) is 4. The van der Waals surface area contributed by atoms with E-state index in [1.54, 1.807) is 20.8 Å². The second kappa shape index (κ2) is 3.00. The first-order valence-electron chi connectivity index (χ1n) is 3.67. The smallest absolute Gasteiger partial charge is 0.441 e. The Bertz CT molecular complexity index is 313. The molecule has 1 aromatic heterocycles. The predicted octanol–water partition coefficient (Wildman–Crippen LogP) is 0.0385. The van der Waals surface area contributed by atoms with E-state index in [0.29, 0.717) is 4.80 Å². The van der Waals surface area contributed by atoms with Gasteiger partial charge >= 0.3 is 6.09 Å². The zero-order valence-electron chi connectivity index (χ0n) is 7.68. The van der Waals surface area contributed by atoms with Gasteiger partial charge in [0.15, 0.2) is 0 Å². The molecule has 7 nitrogen and oxygen atoms in total. The highest BCUT2D eigenvalue weighted by molar-refractivity contribution is 5.68. The van der Waals surface area contributed by atoms with Gasteiger partial charge in [0.1, 0.15) is 5.60 Å². The molecule has 1 heterocycles. The Kier molecular flexibility index (Phi) is 2.18. The molecule has 13 heavy (non-hydrogen) atoms. The molecule has 0 aromatic carbocycles. The Labute approximate surface area is 74.9 Å². The lowest BCUT2D eigenvalue weighted by Crippen LogP contribution is -2.28. The summed E-state index contributed by atoms with van der Waals surface area (Å²) in [7, 11) is 0. The van der Waals surface area contributed by atoms with Gasteiger partial charge in [-0.05, 0) is 26.0 Å². The second-order valence-corrected chi connectivity index (χ2v) is 3.42. The average Bonchev–Trinajstić information content (AvgIpc) is 2.31. The Morgan fingerprint density at radius 1 is 1.54 bits per heavy atom. The topological polar surface area (TPSA) is 95.9 Å². The van der Waals surface area contributed by atoms with E-state index in [-0.39, 0.29) is 5.95 Å². The van der Waals surface area contributed by atoms with Crippen molar-refractivity contribution in [2.75, 3.05) is 5.73 Å². The van der Waals surface area contributed by atoms with Crippen molar-refractivity contribution in [1.29, 1.82) is 0 Å². The van der Waals surface area contributed by atoms with E-state index >= 15 is 0 Å². The van der Waals surface area contributed by atoms with Gasteiger partial charge in [-0.2, -0.15) is 0 Å². The van der Waals surface area contributed by atoms with Gasteiger partial charge in [-0.15, -0.1) is 5.10 Å². The van der Waals surface area contributed by atoms with Crippen molar-refractivity contribution < 1.29 is 9.53 Å². The minimum atomic E-state index is -0.698. The van der Waals surface area contributed by atoms with Crippen LogP contribution in [0.25, 0.3) is 0 Å². The monoisotopic (exact) mass is 185 g/mol. The zero-order chi connectivity index (χ0) is 10.1. The van der Waals surface area contributed by atoms with Crippen LogP contribution in [0.2, 0.25) is 0 Å². The number of hydrogen-bond donors (Lipinski definition) is 1. The predicted molar refractivity (Wildman–Crippen MR) is 43.9 cm³/mol. The molecule has 1 rings (SSSR count). The number of ether oxygens (including phenoxy) is 1. The van der Waals surface area contributed by atoms with Crippen LogP contribution >= 0.6 is 0 Å². The van der Waals surface area contributed by atoms with Crippen molar-refractivity contribution in [2.24, 2.45) is 0 Å². The number of rotatable bonds is 0. The van der Waals surface area contributed by atoms with Crippen LogP contribution in [-0.2, 0) is 4.74 Å². The van der Waals surface area contributed by atoms with Gasteiger partial charge in [-0.1, -0.05) is 9.90 Å². The van der Waals surface area contributed by atoms with E-state index in [1.165, 1.54) is 0 Å². The van der Waals surface area contributed by atoms with E-state index in [0.717, 1.165) is 0 Å². The number of tetrazole rings is 1. The Morgan fingerprint density at radius 3 is 2.54 bits per heavy atom. The third kappa shape index (κ3) is 2.69. The van der Waals surface area contributed by atoms with E-state index in [2.05, 4.69) is 15.4 Å². The molecular formula is C6H11N5O2. The van der Waals surface area contributed by atoms with Crippen molar-refractivity contribution in [2.45, 2.75) is 26.4 Å². The minimum absolute atomic E-state index is 0.0640. The summed E-state index contributed by atoms with van der Waals surface area (Å²) < 4.78 is 4.94. The molecule has 0 atom stereocenters. The summed E-state index contributed by atoms with van der Waals surface area (Å²) >= 11 is 0. The fourth-order valence-electron chi connectivity index (χ4n) is 0.605. The number of carbonyl (C=O) groups excluding carboxylic acids is 1. The quantitative estimate of drug-likeness (QED) is 0.613. The number of nitrogen functional groups attached to an aromatic ring is 1. The first-order chi connectivity index (χ1) is 5.88. The summed E-state index contributed by atoms with van der Waals surface area (Å²) in [6, 6.07) is 0. The molecule has 0 spiro atoms. The van der Waals surface area contributed by atoms with Crippen LogP contribution in [0, 0.1) is 0 Å². The van der Waals surface area contributed by atoms with Crippen LogP contribution in [0.15, 0.2) is 0 Å². The summed E-state index contributed by atoms with van der Waals surface area (Å²) in [5.41, 5.74) is 4.58. The van der Waals surface area contributed by atoms with Crippen molar-refractivity contribution >= 4 is 12.0 Å². The number of anilines is 1. The molecule has 0 unspecified atom stereocenters. The fraction of sp³-hybridized carbons (Fsp3) is 0.667.